The molecule has 1 aromatic heterocycles. The maximum absolute atomic E-state index is 11.6. The van der Waals surface area contributed by atoms with Crippen LogP contribution in [0.2, 0.25) is 5.02 Å². The largest absolute Gasteiger partial charge is 0.466 e. The van der Waals surface area contributed by atoms with Crippen molar-refractivity contribution in [2.24, 2.45) is 5.10 Å². The van der Waals surface area contributed by atoms with E-state index in [4.69, 9.17) is 16.0 Å². The van der Waals surface area contributed by atoms with Gasteiger partial charge in [-0.15, -0.1) is 0 Å². The zero-order chi connectivity index (χ0) is 14.4. The van der Waals surface area contributed by atoms with Crippen molar-refractivity contribution in [3.63, 3.8) is 0 Å². The number of rotatable bonds is 5. The predicted molar refractivity (Wildman–Crippen MR) is 79.0 cm³/mol. The van der Waals surface area contributed by atoms with Crippen LogP contribution in [0.3, 0.4) is 0 Å². The molecule has 0 bridgehead atoms. The third-order valence-corrected chi connectivity index (χ3v) is 2.92. The van der Waals surface area contributed by atoms with Crippen molar-refractivity contribution in [2.45, 2.75) is 19.8 Å². The summed E-state index contributed by atoms with van der Waals surface area (Å²) in [6, 6.07) is 10.9. The summed E-state index contributed by atoms with van der Waals surface area (Å²) in [6.45, 7) is 1.87. The zero-order valence-corrected chi connectivity index (χ0v) is 11.9. The minimum absolute atomic E-state index is 0.149. The third-order valence-electron chi connectivity index (χ3n) is 2.67. The Morgan fingerprint density at radius 1 is 1.30 bits per heavy atom. The molecule has 0 fully saturated rings. The van der Waals surface area contributed by atoms with Gasteiger partial charge in [0.25, 0.3) is 0 Å². The second-order valence-corrected chi connectivity index (χ2v) is 4.79. The molecule has 0 aliphatic carbocycles. The molecule has 0 saturated heterocycles. The fourth-order valence-corrected chi connectivity index (χ4v) is 1.77. The van der Waals surface area contributed by atoms with Crippen molar-refractivity contribution in [1.82, 2.24) is 5.43 Å². The number of hydrogen-bond donors (Lipinski definition) is 1. The molecule has 2 rings (SSSR count). The van der Waals surface area contributed by atoms with E-state index < -0.39 is 0 Å². The Morgan fingerprint density at radius 2 is 2.05 bits per heavy atom. The number of hydrazone groups is 1. The van der Waals surface area contributed by atoms with Crippen molar-refractivity contribution in [3.8, 4) is 0 Å². The van der Waals surface area contributed by atoms with E-state index in [0.29, 0.717) is 17.9 Å². The van der Waals surface area contributed by atoms with Crippen molar-refractivity contribution >= 4 is 23.7 Å². The molecule has 0 unspecified atom stereocenters. The summed E-state index contributed by atoms with van der Waals surface area (Å²) in [5, 5.41) is 4.56. The number of amides is 1. The maximum atomic E-state index is 11.6. The van der Waals surface area contributed by atoms with Gasteiger partial charge in [-0.05, 0) is 36.8 Å². The van der Waals surface area contributed by atoms with Crippen LogP contribution in [-0.4, -0.2) is 12.1 Å². The van der Waals surface area contributed by atoms with Crippen LogP contribution in [0.15, 0.2) is 45.9 Å². The number of halogens is 1. The summed E-state index contributed by atoms with van der Waals surface area (Å²) in [6.07, 6.45) is 2.48. The minimum Gasteiger partial charge on any atom is -0.466 e. The predicted octanol–water partition coefficient (Wildman–Crippen LogP) is 3.32. The number of carbonyl (C=O) groups is 1. The Balaban J connectivity index is 1.76. The van der Waals surface area contributed by atoms with E-state index in [2.05, 4.69) is 10.5 Å². The van der Waals surface area contributed by atoms with Gasteiger partial charge in [0, 0.05) is 17.9 Å². The van der Waals surface area contributed by atoms with Gasteiger partial charge in [0.05, 0.1) is 6.21 Å². The average molecular weight is 291 g/mol. The molecule has 2 aromatic rings. The molecule has 0 radical (unpaired) electrons. The van der Waals surface area contributed by atoms with Gasteiger partial charge >= 0.3 is 0 Å². The van der Waals surface area contributed by atoms with Gasteiger partial charge in [-0.3, -0.25) is 4.79 Å². The molecule has 1 amide bonds. The molecule has 1 heterocycles. The summed E-state index contributed by atoms with van der Waals surface area (Å²) >= 11 is 5.77. The third kappa shape index (κ3) is 4.55. The molecule has 0 aliphatic heterocycles. The fraction of sp³-hybridized carbons (Fsp3) is 0.200. The lowest BCUT2D eigenvalue weighted by Gasteiger charge is -1.98. The van der Waals surface area contributed by atoms with E-state index in [1.807, 2.05) is 31.2 Å². The van der Waals surface area contributed by atoms with Crippen molar-refractivity contribution < 1.29 is 9.21 Å². The van der Waals surface area contributed by atoms with E-state index in [1.165, 1.54) is 0 Å². The molecule has 104 valence electrons. The van der Waals surface area contributed by atoms with Crippen LogP contribution in [0.4, 0.5) is 0 Å². The Morgan fingerprint density at radius 3 is 2.70 bits per heavy atom. The summed E-state index contributed by atoms with van der Waals surface area (Å²) in [7, 11) is 0. The van der Waals surface area contributed by atoms with Gasteiger partial charge < -0.3 is 4.42 Å². The Hall–Kier alpha value is -2.07. The van der Waals surface area contributed by atoms with Crippen LogP contribution in [0.1, 0.15) is 23.5 Å². The van der Waals surface area contributed by atoms with E-state index in [0.717, 1.165) is 17.1 Å². The maximum Gasteiger partial charge on any atom is 0.240 e. The van der Waals surface area contributed by atoms with Crippen LogP contribution in [0, 0.1) is 6.92 Å². The molecular weight excluding hydrogens is 276 g/mol. The fourth-order valence-electron chi connectivity index (χ4n) is 1.64. The minimum atomic E-state index is -0.149. The summed E-state index contributed by atoms with van der Waals surface area (Å²) < 4.78 is 5.39. The molecule has 5 heteroatoms. The van der Waals surface area contributed by atoms with Crippen LogP contribution in [0.5, 0.6) is 0 Å². The molecule has 1 aromatic carbocycles. The lowest BCUT2D eigenvalue weighted by molar-refractivity contribution is -0.121. The van der Waals surface area contributed by atoms with E-state index in [1.54, 1.807) is 18.3 Å². The average Bonchev–Trinajstić information content (AvgIpc) is 2.85. The number of hydrogen-bond acceptors (Lipinski definition) is 3. The normalized spacial score (nSPS) is 10.9. The van der Waals surface area contributed by atoms with E-state index in [9.17, 15) is 4.79 Å². The Bertz CT molecular complexity index is 603. The van der Waals surface area contributed by atoms with Gasteiger partial charge in [0.2, 0.25) is 5.91 Å². The molecule has 4 nitrogen and oxygen atoms in total. The lowest BCUT2D eigenvalue weighted by atomic mass is 10.2. The molecule has 0 atom stereocenters. The number of nitrogens with one attached hydrogen (secondary N) is 1. The molecular formula is C15H15ClN2O2. The first-order chi connectivity index (χ1) is 9.63. The molecule has 0 saturated carbocycles. The van der Waals surface area contributed by atoms with Crippen molar-refractivity contribution in [3.05, 3.63) is 58.5 Å². The van der Waals surface area contributed by atoms with Crippen molar-refractivity contribution in [1.29, 1.82) is 0 Å². The second-order valence-electron chi connectivity index (χ2n) is 4.36. The monoisotopic (exact) mass is 290 g/mol. The quantitative estimate of drug-likeness (QED) is 0.678. The smallest absolute Gasteiger partial charge is 0.240 e. The topological polar surface area (TPSA) is 54.6 Å². The number of furan rings is 1. The van der Waals surface area contributed by atoms with E-state index in [-0.39, 0.29) is 5.91 Å². The highest BCUT2D eigenvalue weighted by Crippen LogP contribution is 2.09. The van der Waals surface area contributed by atoms with Gasteiger partial charge in [0.15, 0.2) is 0 Å². The number of carbonyl (C=O) groups excluding carboxylic acids is 1. The lowest BCUT2D eigenvalue weighted by Crippen LogP contribution is -2.17. The molecule has 20 heavy (non-hydrogen) atoms. The summed E-state index contributed by atoms with van der Waals surface area (Å²) in [5.41, 5.74) is 3.35. The van der Waals surface area contributed by atoms with Crippen LogP contribution in [0.25, 0.3) is 0 Å². The SMILES string of the molecule is Cc1ccc(CCC(=O)N/N=C\c2ccc(Cl)cc2)o1. The van der Waals surface area contributed by atoms with Crippen LogP contribution >= 0.6 is 11.6 Å². The Labute approximate surface area is 122 Å². The summed E-state index contributed by atoms with van der Waals surface area (Å²) in [5.74, 6) is 1.50. The molecule has 1 N–H and O–H groups in total. The highest BCUT2D eigenvalue weighted by Gasteiger charge is 2.03. The first-order valence-corrected chi connectivity index (χ1v) is 6.64. The number of nitrogens with zero attached hydrogens (tertiary/aromatic N) is 1. The summed E-state index contributed by atoms with van der Waals surface area (Å²) in [4.78, 5) is 11.6. The first-order valence-electron chi connectivity index (χ1n) is 6.26. The standard InChI is InChI=1S/C15H15ClN2O2/c1-11-2-7-14(20-11)8-9-15(19)18-17-10-12-3-5-13(16)6-4-12/h2-7,10H,8-9H2,1H3,(H,18,19)/b17-10-. The van der Waals surface area contributed by atoms with Gasteiger partial charge in [0.1, 0.15) is 11.5 Å². The first kappa shape index (κ1) is 14.3. The molecule has 0 aliphatic rings. The van der Waals surface area contributed by atoms with Gasteiger partial charge in [-0.1, -0.05) is 23.7 Å². The van der Waals surface area contributed by atoms with Crippen molar-refractivity contribution in [2.75, 3.05) is 0 Å². The van der Waals surface area contributed by atoms with Gasteiger partial charge in [-0.25, -0.2) is 5.43 Å². The molecule has 0 spiro atoms. The number of benzene rings is 1. The van der Waals surface area contributed by atoms with Gasteiger partial charge in [-0.2, -0.15) is 5.10 Å². The highest BCUT2D eigenvalue weighted by atomic mass is 35.5. The number of aryl methyl sites for hydroxylation is 2. The zero-order valence-electron chi connectivity index (χ0n) is 11.1. The van der Waals surface area contributed by atoms with Crippen LogP contribution in [-0.2, 0) is 11.2 Å². The van der Waals surface area contributed by atoms with Crippen LogP contribution < -0.4 is 5.43 Å². The van der Waals surface area contributed by atoms with E-state index >= 15 is 0 Å². The second kappa shape index (κ2) is 6.91. The highest BCUT2D eigenvalue weighted by molar-refractivity contribution is 6.30. The Kier molecular flexibility index (Phi) is 4.96.